The highest BCUT2D eigenvalue weighted by Gasteiger charge is 2.15. The summed E-state index contributed by atoms with van der Waals surface area (Å²) in [5, 5.41) is 0.196. The fourth-order valence-electron chi connectivity index (χ4n) is 1.97. The summed E-state index contributed by atoms with van der Waals surface area (Å²) >= 11 is 5.19. The van der Waals surface area contributed by atoms with Gasteiger partial charge >= 0.3 is 5.76 Å². The number of halogens is 3. The lowest BCUT2D eigenvalue weighted by atomic mass is 10.2. The monoisotopic (exact) mass is 461 g/mol. The van der Waals surface area contributed by atoms with Gasteiger partial charge in [-0.3, -0.25) is 4.79 Å². The SMILES string of the molecule is O=c1oc2ccc(Br)cc2c(=O)n1-c1ccc(I)cc1F. The molecule has 0 atom stereocenters. The van der Waals surface area contributed by atoms with Crippen molar-refractivity contribution in [2.24, 2.45) is 0 Å². The molecule has 21 heavy (non-hydrogen) atoms. The van der Waals surface area contributed by atoms with Gasteiger partial charge in [-0.1, -0.05) is 15.9 Å². The molecular formula is C14H6BrFINO3. The maximum Gasteiger partial charge on any atom is 0.427 e. The van der Waals surface area contributed by atoms with E-state index in [0.717, 1.165) is 0 Å². The number of fused-ring (bicyclic) bond motifs is 1. The Morgan fingerprint density at radius 2 is 1.90 bits per heavy atom. The lowest BCUT2D eigenvalue weighted by molar-refractivity contribution is 0.496. The van der Waals surface area contributed by atoms with E-state index in [-0.39, 0.29) is 16.7 Å². The average molecular weight is 462 g/mol. The topological polar surface area (TPSA) is 52.2 Å². The molecule has 0 aliphatic heterocycles. The number of nitrogens with zero attached hydrogens (tertiary/aromatic N) is 1. The third-order valence-electron chi connectivity index (χ3n) is 2.91. The van der Waals surface area contributed by atoms with E-state index in [1.165, 1.54) is 24.3 Å². The molecule has 0 aliphatic rings. The Hall–Kier alpha value is -1.48. The van der Waals surface area contributed by atoms with Crippen molar-refractivity contribution < 1.29 is 8.81 Å². The van der Waals surface area contributed by atoms with E-state index in [1.54, 1.807) is 12.1 Å². The summed E-state index contributed by atoms with van der Waals surface area (Å²) < 4.78 is 21.1. The minimum atomic E-state index is -0.921. The molecule has 0 fully saturated rings. The molecule has 0 amide bonds. The Bertz CT molecular complexity index is 980. The molecule has 0 radical (unpaired) electrons. The second-order valence-electron chi connectivity index (χ2n) is 4.24. The van der Waals surface area contributed by atoms with E-state index in [1.807, 2.05) is 22.6 Å². The first kappa shape index (κ1) is 14.5. The van der Waals surface area contributed by atoms with Crippen LogP contribution in [0, 0.1) is 9.39 Å². The fourth-order valence-corrected chi connectivity index (χ4v) is 2.79. The van der Waals surface area contributed by atoms with Gasteiger partial charge < -0.3 is 4.42 Å². The van der Waals surface area contributed by atoms with E-state index in [0.29, 0.717) is 12.6 Å². The van der Waals surface area contributed by atoms with Crippen LogP contribution in [0.15, 0.2) is 54.9 Å². The first-order valence-electron chi connectivity index (χ1n) is 5.78. The highest BCUT2D eigenvalue weighted by molar-refractivity contribution is 14.1. The lowest BCUT2D eigenvalue weighted by Crippen LogP contribution is -2.31. The molecular weight excluding hydrogens is 456 g/mol. The van der Waals surface area contributed by atoms with Crippen LogP contribution in [0.5, 0.6) is 0 Å². The van der Waals surface area contributed by atoms with Crippen LogP contribution in [0.4, 0.5) is 4.39 Å². The van der Waals surface area contributed by atoms with Gasteiger partial charge in [-0.15, -0.1) is 0 Å². The van der Waals surface area contributed by atoms with Crippen LogP contribution in [0.1, 0.15) is 0 Å². The van der Waals surface area contributed by atoms with Crippen LogP contribution in [0.3, 0.4) is 0 Å². The van der Waals surface area contributed by atoms with Gasteiger partial charge in [-0.2, -0.15) is 0 Å². The highest BCUT2D eigenvalue weighted by atomic mass is 127. The Kier molecular flexibility index (Phi) is 3.70. The summed E-state index contributed by atoms with van der Waals surface area (Å²) in [5.41, 5.74) is -0.589. The molecule has 0 N–H and O–H groups in total. The van der Waals surface area contributed by atoms with E-state index >= 15 is 0 Å². The second-order valence-corrected chi connectivity index (χ2v) is 6.41. The summed E-state index contributed by atoms with van der Waals surface area (Å²) in [7, 11) is 0. The van der Waals surface area contributed by atoms with Gasteiger partial charge in [0.15, 0.2) is 0 Å². The van der Waals surface area contributed by atoms with Crippen molar-refractivity contribution in [2.45, 2.75) is 0 Å². The second kappa shape index (κ2) is 5.38. The van der Waals surface area contributed by atoms with Crippen LogP contribution >= 0.6 is 38.5 Å². The van der Waals surface area contributed by atoms with Crippen LogP contribution in [-0.2, 0) is 0 Å². The minimum absolute atomic E-state index is 0.129. The van der Waals surface area contributed by atoms with Crippen LogP contribution in [0.2, 0.25) is 0 Å². The van der Waals surface area contributed by atoms with E-state index in [4.69, 9.17) is 4.42 Å². The molecule has 0 saturated carbocycles. The summed E-state index contributed by atoms with van der Waals surface area (Å²) in [6, 6.07) is 8.92. The fraction of sp³-hybridized carbons (Fsp3) is 0. The van der Waals surface area contributed by atoms with E-state index in [2.05, 4.69) is 15.9 Å². The maximum absolute atomic E-state index is 14.0. The predicted octanol–water partition coefficient (Wildman–Crippen LogP) is 3.45. The Morgan fingerprint density at radius 3 is 2.62 bits per heavy atom. The smallest absolute Gasteiger partial charge is 0.409 e. The first-order chi connectivity index (χ1) is 9.97. The summed E-state index contributed by atoms with van der Waals surface area (Å²) in [6.45, 7) is 0. The zero-order chi connectivity index (χ0) is 15.1. The summed E-state index contributed by atoms with van der Waals surface area (Å²) in [5.74, 6) is -1.58. The molecule has 3 aromatic rings. The predicted molar refractivity (Wildman–Crippen MR) is 88.5 cm³/mol. The normalized spacial score (nSPS) is 11.0. The molecule has 0 saturated heterocycles. The number of hydrogen-bond acceptors (Lipinski definition) is 3. The van der Waals surface area contributed by atoms with Gasteiger partial charge in [-0.25, -0.2) is 13.8 Å². The quantitative estimate of drug-likeness (QED) is 0.521. The van der Waals surface area contributed by atoms with Gasteiger partial charge in [0.1, 0.15) is 11.4 Å². The Morgan fingerprint density at radius 1 is 1.14 bits per heavy atom. The molecule has 1 aromatic heterocycles. The van der Waals surface area contributed by atoms with Crippen LogP contribution in [0.25, 0.3) is 16.7 Å². The highest BCUT2D eigenvalue weighted by Crippen LogP contribution is 2.18. The van der Waals surface area contributed by atoms with Crippen LogP contribution < -0.4 is 11.3 Å². The van der Waals surface area contributed by atoms with Crippen molar-refractivity contribution in [1.82, 2.24) is 4.57 Å². The Balaban J connectivity index is 2.43. The van der Waals surface area contributed by atoms with Gasteiger partial charge in [0, 0.05) is 8.04 Å². The van der Waals surface area contributed by atoms with Gasteiger partial charge in [0.25, 0.3) is 5.56 Å². The molecule has 0 spiro atoms. The molecule has 2 aromatic carbocycles. The van der Waals surface area contributed by atoms with E-state index in [9.17, 15) is 14.0 Å². The molecule has 3 rings (SSSR count). The van der Waals surface area contributed by atoms with Gasteiger partial charge in [0.2, 0.25) is 0 Å². The Labute approximate surface area is 139 Å². The third kappa shape index (κ3) is 2.55. The van der Waals surface area contributed by atoms with Crippen molar-refractivity contribution in [3.05, 3.63) is 71.2 Å². The molecule has 106 valence electrons. The van der Waals surface area contributed by atoms with Crippen molar-refractivity contribution in [2.75, 3.05) is 0 Å². The minimum Gasteiger partial charge on any atom is -0.409 e. The van der Waals surface area contributed by atoms with Crippen molar-refractivity contribution >= 4 is 49.5 Å². The zero-order valence-electron chi connectivity index (χ0n) is 10.3. The molecule has 7 heteroatoms. The molecule has 0 unspecified atom stereocenters. The van der Waals surface area contributed by atoms with Crippen LogP contribution in [-0.4, -0.2) is 4.57 Å². The van der Waals surface area contributed by atoms with Crippen molar-refractivity contribution in [3.8, 4) is 5.69 Å². The summed E-state index contributed by atoms with van der Waals surface area (Å²) in [6.07, 6.45) is 0. The molecule has 1 heterocycles. The molecule has 0 aliphatic carbocycles. The maximum atomic E-state index is 14.0. The standard InChI is InChI=1S/C14H6BrFINO3/c15-7-1-4-12-9(5-7)13(19)18(14(20)21-12)11-3-2-8(17)6-10(11)16/h1-6H. The van der Waals surface area contributed by atoms with Gasteiger partial charge in [0.05, 0.1) is 11.1 Å². The number of aromatic nitrogens is 1. The first-order valence-corrected chi connectivity index (χ1v) is 7.65. The number of hydrogen-bond donors (Lipinski definition) is 0. The van der Waals surface area contributed by atoms with E-state index < -0.39 is 17.1 Å². The average Bonchev–Trinajstić information content (AvgIpc) is 2.42. The summed E-state index contributed by atoms with van der Waals surface area (Å²) in [4.78, 5) is 24.4. The molecule has 0 bridgehead atoms. The lowest BCUT2D eigenvalue weighted by Gasteiger charge is -2.07. The largest absolute Gasteiger partial charge is 0.427 e. The molecule has 4 nitrogen and oxygen atoms in total. The number of benzene rings is 2. The van der Waals surface area contributed by atoms with Crippen molar-refractivity contribution in [1.29, 1.82) is 0 Å². The number of rotatable bonds is 1. The third-order valence-corrected chi connectivity index (χ3v) is 4.07. The van der Waals surface area contributed by atoms with Crippen molar-refractivity contribution in [3.63, 3.8) is 0 Å². The zero-order valence-corrected chi connectivity index (χ0v) is 14.0. The van der Waals surface area contributed by atoms with Gasteiger partial charge in [-0.05, 0) is 59.0 Å².